The van der Waals surface area contributed by atoms with E-state index in [2.05, 4.69) is 27.5 Å². The van der Waals surface area contributed by atoms with Crippen molar-refractivity contribution in [3.63, 3.8) is 0 Å². The number of aliphatic hydroxyl groups is 1. The Bertz CT molecular complexity index is 417. The molecule has 1 rings (SSSR count). The first-order chi connectivity index (χ1) is 7.56. The van der Waals surface area contributed by atoms with Gasteiger partial charge in [-0.3, -0.25) is 4.79 Å². The van der Waals surface area contributed by atoms with Gasteiger partial charge in [-0.2, -0.15) is 0 Å². The molecule has 0 aliphatic rings. The highest BCUT2D eigenvalue weighted by molar-refractivity contribution is 7.79. The minimum Gasteiger partial charge on any atom is -0.477 e. The molecular formula is C8H9N3O4S. The zero-order valence-corrected chi connectivity index (χ0v) is 8.82. The van der Waals surface area contributed by atoms with Crippen LogP contribution in [-0.4, -0.2) is 50.1 Å². The summed E-state index contributed by atoms with van der Waals surface area (Å²) in [5.74, 6) is -1.97. The quantitative estimate of drug-likeness (QED) is 0.503. The van der Waals surface area contributed by atoms with Crippen molar-refractivity contribution in [3.8, 4) is 0 Å². The number of nitrogens with zero attached hydrogens (tertiary/aromatic N) is 1. The number of thiocarbonyl (C=S) groups is 1. The van der Waals surface area contributed by atoms with Gasteiger partial charge in [0.15, 0.2) is 11.4 Å². The molecule has 1 unspecified atom stereocenters. The normalized spacial score (nSPS) is 11.8. The van der Waals surface area contributed by atoms with E-state index in [0.717, 1.165) is 11.7 Å². The van der Waals surface area contributed by atoms with Gasteiger partial charge in [0.1, 0.15) is 0 Å². The number of amides is 1. The number of nitrogens with one attached hydrogen (secondary N) is 2. The summed E-state index contributed by atoms with van der Waals surface area (Å²) in [6.07, 6.45) is 0.153. The molecule has 0 fully saturated rings. The lowest BCUT2D eigenvalue weighted by molar-refractivity contribution is 0.0684. The average molecular weight is 243 g/mol. The van der Waals surface area contributed by atoms with Gasteiger partial charge in [-0.1, -0.05) is 12.2 Å². The number of carboxylic acid groups (broad SMARTS) is 1. The maximum atomic E-state index is 11.4. The van der Waals surface area contributed by atoms with Crippen molar-refractivity contribution in [2.75, 3.05) is 6.54 Å². The van der Waals surface area contributed by atoms with Crippen LogP contribution in [-0.2, 0) is 0 Å². The highest BCUT2D eigenvalue weighted by Crippen LogP contribution is 2.02. The second kappa shape index (κ2) is 5.33. The Labute approximate surface area is 95.5 Å². The molecule has 0 bridgehead atoms. The van der Waals surface area contributed by atoms with Crippen LogP contribution in [0.15, 0.2) is 6.33 Å². The standard InChI is InChI=1S/C8H9N3O4S/c12-4(2-16)1-9-7(13)5-6(8(14)15)11-3-10-5/h2-4,12H,1H2,(H,9,13)(H,10,11)(H,14,15). The highest BCUT2D eigenvalue weighted by Gasteiger charge is 2.19. The van der Waals surface area contributed by atoms with Gasteiger partial charge < -0.3 is 20.5 Å². The van der Waals surface area contributed by atoms with Crippen LogP contribution in [0.2, 0.25) is 0 Å². The molecule has 0 spiro atoms. The molecule has 0 aromatic carbocycles. The lowest BCUT2D eigenvalue weighted by atomic mass is 10.3. The number of aromatic amines is 1. The summed E-state index contributed by atoms with van der Waals surface area (Å²) < 4.78 is 0. The second-order valence-electron chi connectivity index (χ2n) is 2.84. The minimum absolute atomic E-state index is 0.0890. The summed E-state index contributed by atoms with van der Waals surface area (Å²) in [5, 5.41) is 21.2. The van der Waals surface area contributed by atoms with Crippen LogP contribution in [0, 0.1) is 0 Å². The fraction of sp³-hybridized carbons (Fsp3) is 0.250. The van der Waals surface area contributed by atoms with Crippen molar-refractivity contribution in [1.82, 2.24) is 15.3 Å². The number of aliphatic hydroxyl groups excluding tert-OH is 1. The third-order valence-corrected chi connectivity index (χ3v) is 2.01. The molecular weight excluding hydrogens is 234 g/mol. The van der Waals surface area contributed by atoms with E-state index in [1.165, 1.54) is 0 Å². The first kappa shape index (κ1) is 12.3. The molecule has 0 radical (unpaired) electrons. The molecule has 1 heterocycles. The second-order valence-corrected chi connectivity index (χ2v) is 3.12. The van der Waals surface area contributed by atoms with Crippen LogP contribution >= 0.6 is 12.2 Å². The van der Waals surface area contributed by atoms with Crippen LogP contribution in [0.4, 0.5) is 0 Å². The molecule has 1 aromatic rings. The lowest BCUT2D eigenvalue weighted by Gasteiger charge is -2.05. The fourth-order valence-electron chi connectivity index (χ4n) is 0.959. The van der Waals surface area contributed by atoms with Gasteiger partial charge in [0.05, 0.1) is 12.4 Å². The zero-order valence-electron chi connectivity index (χ0n) is 8.01. The number of carbonyl (C=O) groups is 2. The first-order valence-corrected chi connectivity index (χ1v) is 4.71. The molecule has 0 aliphatic carbocycles. The third kappa shape index (κ3) is 2.84. The highest BCUT2D eigenvalue weighted by atomic mass is 32.1. The monoisotopic (exact) mass is 243 g/mol. The van der Waals surface area contributed by atoms with E-state index >= 15 is 0 Å². The molecule has 1 aromatic heterocycles. The summed E-state index contributed by atoms with van der Waals surface area (Å²) in [4.78, 5) is 28.0. The number of aromatic carboxylic acids is 1. The average Bonchev–Trinajstić information content (AvgIpc) is 2.74. The summed E-state index contributed by atoms with van der Waals surface area (Å²) in [7, 11) is 0. The van der Waals surface area contributed by atoms with E-state index in [1.54, 1.807) is 0 Å². The SMILES string of the molecule is O=C(NCC(O)C=S)c1nc[nH]c1C(=O)O. The molecule has 1 atom stereocenters. The molecule has 1 amide bonds. The smallest absolute Gasteiger partial charge is 0.354 e. The number of H-pyrrole nitrogens is 1. The molecule has 0 saturated carbocycles. The summed E-state index contributed by atoms with van der Waals surface area (Å²) in [5.41, 5.74) is -0.529. The number of hydrogen-bond donors (Lipinski definition) is 4. The van der Waals surface area contributed by atoms with Gasteiger partial charge in [0, 0.05) is 11.9 Å². The van der Waals surface area contributed by atoms with E-state index in [9.17, 15) is 9.59 Å². The Balaban J connectivity index is 2.69. The topological polar surface area (TPSA) is 115 Å². The Morgan fingerprint density at radius 2 is 2.38 bits per heavy atom. The van der Waals surface area contributed by atoms with Crippen molar-refractivity contribution in [2.45, 2.75) is 6.10 Å². The van der Waals surface area contributed by atoms with E-state index in [1.807, 2.05) is 0 Å². The van der Waals surface area contributed by atoms with Crippen LogP contribution < -0.4 is 5.32 Å². The molecule has 7 nitrogen and oxygen atoms in total. The first-order valence-electron chi connectivity index (χ1n) is 4.24. The predicted octanol–water partition coefficient (Wildman–Crippen LogP) is -0.802. The van der Waals surface area contributed by atoms with Gasteiger partial charge >= 0.3 is 5.97 Å². The predicted molar refractivity (Wildman–Crippen MR) is 57.5 cm³/mol. The summed E-state index contributed by atoms with van der Waals surface area (Å²) in [6, 6.07) is 0. The van der Waals surface area contributed by atoms with E-state index in [-0.39, 0.29) is 17.9 Å². The Kier molecular flexibility index (Phi) is 4.09. The number of carboxylic acids is 1. The van der Waals surface area contributed by atoms with Crippen LogP contribution in [0.3, 0.4) is 0 Å². The van der Waals surface area contributed by atoms with E-state index in [0.29, 0.717) is 0 Å². The number of imidazole rings is 1. The van der Waals surface area contributed by atoms with Crippen molar-refractivity contribution in [1.29, 1.82) is 0 Å². The molecule has 0 saturated heterocycles. The molecule has 8 heteroatoms. The minimum atomic E-state index is -1.28. The molecule has 16 heavy (non-hydrogen) atoms. The van der Waals surface area contributed by atoms with Crippen LogP contribution in [0.25, 0.3) is 0 Å². The van der Waals surface area contributed by atoms with Gasteiger partial charge in [0.25, 0.3) is 5.91 Å². The number of rotatable bonds is 5. The largest absolute Gasteiger partial charge is 0.477 e. The Morgan fingerprint density at radius 3 is 2.94 bits per heavy atom. The van der Waals surface area contributed by atoms with Crippen LogP contribution in [0.1, 0.15) is 21.0 Å². The van der Waals surface area contributed by atoms with E-state index < -0.39 is 18.0 Å². The zero-order chi connectivity index (χ0) is 12.1. The maximum Gasteiger partial charge on any atom is 0.354 e. The Morgan fingerprint density at radius 1 is 1.69 bits per heavy atom. The molecule has 86 valence electrons. The van der Waals surface area contributed by atoms with Gasteiger partial charge in [-0.05, 0) is 0 Å². The van der Waals surface area contributed by atoms with Gasteiger partial charge in [0.2, 0.25) is 0 Å². The molecule has 4 N–H and O–H groups in total. The van der Waals surface area contributed by atoms with E-state index in [4.69, 9.17) is 10.2 Å². The number of aromatic nitrogens is 2. The van der Waals surface area contributed by atoms with Crippen molar-refractivity contribution in [3.05, 3.63) is 17.7 Å². The Hall–Kier alpha value is -1.80. The van der Waals surface area contributed by atoms with Crippen molar-refractivity contribution >= 4 is 29.5 Å². The van der Waals surface area contributed by atoms with Crippen molar-refractivity contribution in [2.24, 2.45) is 0 Å². The molecule has 0 aliphatic heterocycles. The fourth-order valence-corrected chi connectivity index (χ4v) is 1.05. The summed E-state index contributed by atoms with van der Waals surface area (Å²) >= 11 is 4.45. The van der Waals surface area contributed by atoms with Gasteiger partial charge in [-0.15, -0.1) is 0 Å². The van der Waals surface area contributed by atoms with Gasteiger partial charge in [-0.25, -0.2) is 9.78 Å². The number of carbonyl (C=O) groups excluding carboxylic acids is 1. The number of hydrogen-bond acceptors (Lipinski definition) is 5. The maximum absolute atomic E-state index is 11.4. The van der Waals surface area contributed by atoms with Crippen molar-refractivity contribution < 1.29 is 19.8 Å². The summed E-state index contributed by atoms with van der Waals surface area (Å²) in [6.45, 7) is -0.0890. The third-order valence-electron chi connectivity index (χ3n) is 1.70. The van der Waals surface area contributed by atoms with Crippen LogP contribution in [0.5, 0.6) is 0 Å². The lowest BCUT2D eigenvalue weighted by Crippen LogP contribution is -2.33.